The lowest BCUT2D eigenvalue weighted by molar-refractivity contribution is 0.182. The average molecular weight is 553 g/mol. The molecule has 0 saturated carbocycles. The molecular weight excluding hydrogens is 508 g/mol. The molecular formula is C19H44Br2O4Si2. The Hall–Kier alpha value is 1.23. The monoisotopic (exact) mass is 550 g/mol. The van der Waals surface area contributed by atoms with Gasteiger partial charge in [-0.15, -0.1) is 0 Å². The normalized spacial score (nSPS) is 12.0. The van der Waals surface area contributed by atoms with Crippen LogP contribution in [0.25, 0.3) is 0 Å². The van der Waals surface area contributed by atoms with E-state index in [0.29, 0.717) is 0 Å². The highest BCUT2D eigenvalue weighted by Gasteiger charge is 2.36. The molecule has 4 nitrogen and oxygen atoms in total. The van der Waals surface area contributed by atoms with Crippen molar-refractivity contribution in [3.05, 3.63) is 0 Å². The molecule has 0 aromatic heterocycles. The van der Waals surface area contributed by atoms with Gasteiger partial charge in [-0.3, -0.25) is 0 Å². The molecule has 166 valence electrons. The summed E-state index contributed by atoms with van der Waals surface area (Å²) in [6.07, 6.45) is 3.59. The smallest absolute Gasteiger partial charge is 0.338 e. The number of rotatable bonds is 17. The molecule has 0 bridgehead atoms. The largest absolute Gasteiger partial charge is 0.394 e. The quantitative estimate of drug-likeness (QED) is 0.144. The molecule has 0 aromatic rings. The first-order valence-corrected chi connectivity index (χ1v) is 17.4. The van der Waals surface area contributed by atoms with Crippen LogP contribution in [0.3, 0.4) is 0 Å². The predicted molar refractivity (Wildman–Crippen MR) is 130 cm³/mol. The minimum atomic E-state index is -1.86. The summed E-state index contributed by atoms with van der Waals surface area (Å²) in [5.74, 6) is 0. The van der Waals surface area contributed by atoms with E-state index in [-0.39, 0.29) is 0 Å². The molecule has 0 N–H and O–H groups in total. The molecule has 0 heterocycles. The Labute approximate surface area is 188 Å². The molecule has 0 radical (unpaired) electrons. The van der Waals surface area contributed by atoms with Gasteiger partial charge >= 0.3 is 17.1 Å². The summed E-state index contributed by atoms with van der Waals surface area (Å²) in [6.45, 7) is 15.7. The maximum atomic E-state index is 5.90. The van der Waals surface area contributed by atoms with Crippen LogP contribution in [-0.2, 0) is 17.7 Å². The number of unbranched alkanes of at least 4 members (excludes halogenated alkanes) is 1. The van der Waals surface area contributed by atoms with Crippen LogP contribution >= 0.6 is 31.9 Å². The van der Waals surface area contributed by atoms with E-state index in [1.165, 1.54) is 12.8 Å². The second kappa shape index (κ2) is 20.5. The summed E-state index contributed by atoms with van der Waals surface area (Å²) >= 11 is 6.96. The number of alkyl halides is 2. The zero-order chi connectivity index (χ0) is 21.0. The van der Waals surface area contributed by atoms with Crippen LogP contribution in [0.15, 0.2) is 0 Å². The molecule has 0 aliphatic carbocycles. The molecule has 0 aromatic carbocycles. The number of halogens is 2. The Kier molecular flexibility index (Phi) is 23.1. The minimum absolute atomic E-state index is 0.777. The maximum Gasteiger partial charge on any atom is 0.338 e. The lowest BCUT2D eigenvalue weighted by atomic mass is 10.4. The van der Waals surface area contributed by atoms with E-state index >= 15 is 0 Å². The lowest BCUT2D eigenvalue weighted by Crippen LogP contribution is -2.42. The van der Waals surface area contributed by atoms with E-state index in [1.807, 2.05) is 13.8 Å². The molecule has 0 aliphatic rings. The first-order valence-electron chi connectivity index (χ1n) is 10.7. The van der Waals surface area contributed by atoms with Gasteiger partial charge in [0.25, 0.3) is 0 Å². The Morgan fingerprint density at radius 1 is 0.519 bits per heavy atom. The first-order chi connectivity index (χ1) is 13.0. The van der Waals surface area contributed by atoms with E-state index in [2.05, 4.69) is 59.6 Å². The Morgan fingerprint density at radius 3 is 1.15 bits per heavy atom. The Morgan fingerprint density at radius 2 is 0.889 bits per heavy atom. The van der Waals surface area contributed by atoms with Crippen LogP contribution < -0.4 is 0 Å². The molecule has 8 heteroatoms. The molecule has 0 unspecified atom stereocenters. The molecule has 0 rings (SSSR count). The summed E-state index contributed by atoms with van der Waals surface area (Å²) in [4.78, 5) is 0. The topological polar surface area (TPSA) is 36.9 Å². The highest BCUT2D eigenvalue weighted by molar-refractivity contribution is 9.09. The SMILES string of the molecule is CCCC[Si](CCBr)(OCC)OCC.CCC[Si](CCBr)(OCC)OCC. The minimum Gasteiger partial charge on any atom is -0.394 e. The van der Waals surface area contributed by atoms with Crippen molar-refractivity contribution in [3.8, 4) is 0 Å². The van der Waals surface area contributed by atoms with Crippen molar-refractivity contribution in [1.82, 2.24) is 0 Å². The van der Waals surface area contributed by atoms with E-state index in [0.717, 1.165) is 67.7 Å². The van der Waals surface area contributed by atoms with Crippen LogP contribution in [0.1, 0.15) is 60.8 Å². The number of hydrogen-bond acceptors (Lipinski definition) is 4. The summed E-state index contributed by atoms with van der Waals surface area (Å²) in [5.41, 5.74) is 0. The Bertz CT molecular complexity index is 267. The molecule has 0 spiro atoms. The molecule has 0 amide bonds. The van der Waals surface area contributed by atoms with E-state index in [4.69, 9.17) is 17.7 Å². The standard InChI is InChI=1S/C10H23BrO2Si.C9H21BrO2Si/c1-4-7-9-14(10-8-11,12-5-2)13-6-3;1-4-8-13(9-7-10,11-5-2)12-6-3/h4-10H2,1-3H3;4-9H2,1-3H3. The van der Waals surface area contributed by atoms with Gasteiger partial charge in [-0.05, 0) is 39.8 Å². The summed E-state index contributed by atoms with van der Waals surface area (Å²) < 4.78 is 23.5. The van der Waals surface area contributed by atoms with Crippen molar-refractivity contribution >= 4 is 49.0 Å². The van der Waals surface area contributed by atoms with Gasteiger partial charge in [0.15, 0.2) is 0 Å². The number of hydrogen-bond donors (Lipinski definition) is 0. The molecule has 27 heavy (non-hydrogen) atoms. The summed E-state index contributed by atoms with van der Waals surface area (Å²) in [6, 6.07) is 4.37. The molecule has 0 fully saturated rings. The fourth-order valence-corrected chi connectivity index (χ4v) is 12.9. The third-order valence-electron chi connectivity index (χ3n) is 4.12. The molecule has 0 saturated heterocycles. The van der Waals surface area contributed by atoms with Gasteiger partial charge in [0.1, 0.15) is 0 Å². The summed E-state index contributed by atoms with van der Waals surface area (Å²) in [5, 5.41) is 1.97. The predicted octanol–water partition coefficient (Wildman–Crippen LogP) is 7.00. The fraction of sp³-hybridized carbons (Fsp3) is 1.00. The summed E-state index contributed by atoms with van der Waals surface area (Å²) in [7, 11) is -3.71. The van der Waals surface area contributed by atoms with Crippen molar-refractivity contribution < 1.29 is 17.7 Å². The van der Waals surface area contributed by atoms with Crippen molar-refractivity contribution in [1.29, 1.82) is 0 Å². The van der Waals surface area contributed by atoms with Crippen molar-refractivity contribution in [2.45, 2.75) is 85.0 Å². The second-order valence-corrected chi connectivity index (χ2v) is 14.7. The van der Waals surface area contributed by atoms with E-state index < -0.39 is 17.1 Å². The van der Waals surface area contributed by atoms with Crippen LogP contribution in [0.2, 0.25) is 24.2 Å². The van der Waals surface area contributed by atoms with Gasteiger partial charge in [0.2, 0.25) is 0 Å². The zero-order valence-electron chi connectivity index (χ0n) is 18.6. The van der Waals surface area contributed by atoms with Crippen LogP contribution in [0.4, 0.5) is 0 Å². The van der Waals surface area contributed by atoms with Crippen LogP contribution in [-0.4, -0.2) is 54.2 Å². The van der Waals surface area contributed by atoms with Gasteiger partial charge in [0, 0.05) is 49.2 Å². The van der Waals surface area contributed by atoms with Gasteiger partial charge < -0.3 is 17.7 Å². The third-order valence-corrected chi connectivity index (χ3v) is 14.0. The lowest BCUT2D eigenvalue weighted by Gasteiger charge is -2.29. The van der Waals surface area contributed by atoms with Gasteiger partial charge in [-0.25, -0.2) is 0 Å². The van der Waals surface area contributed by atoms with Crippen LogP contribution in [0.5, 0.6) is 0 Å². The van der Waals surface area contributed by atoms with E-state index in [1.54, 1.807) is 0 Å². The van der Waals surface area contributed by atoms with Crippen molar-refractivity contribution in [2.75, 3.05) is 37.1 Å². The van der Waals surface area contributed by atoms with Gasteiger partial charge in [-0.2, -0.15) is 0 Å². The van der Waals surface area contributed by atoms with Gasteiger partial charge in [0.05, 0.1) is 0 Å². The maximum absolute atomic E-state index is 5.90. The zero-order valence-corrected chi connectivity index (χ0v) is 23.8. The second-order valence-electron chi connectivity index (χ2n) is 6.28. The van der Waals surface area contributed by atoms with E-state index in [9.17, 15) is 0 Å². The highest BCUT2D eigenvalue weighted by Crippen LogP contribution is 2.23. The highest BCUT2D eigenvalue weighted by atomic mass is 79.9. The van der Waals surface area contributed by atoms with Crippen molar-refractivity contribution in [3.63, 3.8) is 0 Å². The molecule has 0 aliphatic heterocycles. The van der Waals surface area contributed by atoms with Gasteiger partial charge in [-0.1, -0.05) is 65.0 Å². The Balaban J connectivity index is 0. The third kappa shape index (κ3) is 14.8. The average Bonchev–Trinajstić information content (AvgIpc) is 2.62. The molecule has 0 atom stereocenters. The first kappa shape index (κ1) is 30.4. The van der Waals surface area contributed by atoms with Crippen LogP contribution in [0, 0.1) is 0 Å². The fourth-order valence-electron chi connectivity index (χ4n) is 3.08. The van der Waals surface area contributed by atoms with Crippen molar-refractivity contribution in [2.24, 2.45) is 0 Å².